The second kappa shape index (κ2) is 6.66. The van der Waals surface area contributed by atoms with E-state index in [-0.39, 0.29) is 5.91 Å². The van der Waals surface area contributed by atoms with Gasteiger partial charge in [0.15, 0.2) is 0 Å². The van der Waals surface area contributed by atoms with Crippen LogP contribution in [0.15, 0.2) is 47.8 Å². The lowest BCUT2D eigenvalue weighted by molar-refractivity contribution is 0.0947. The maximum atomic E-state index is 12.3. The van der Waals surface area contributed by atoms with Crippen LogP contribution in [0, 0.1) is 0 Å². The Kier molecular flexibility index (Phi) is 4.43. The lowest BCUT2D eigenvalue weighted by Gasteiger charge is -2.07. The van der Waals surface area contributed by atoms with E-state index in [1.807, 2.05) is 41.4 Å². The topological polar surface area (TPSA) is 56.1 Å². The highest BCUT2D eigenvalue weighted by molar-refractivity contribution is 7.13. The standard InChI is InChI=1S/C17H17N3O2S/c1-20-14(16-8-5-9-23-16)10-12(19-20)11-18-17(21)13-6-3-4-7-15(13)22-2/h3-10H,11H2,1-2H3,(H,18,21). The molecule has 0 atom stereocenters. The van der Waals surface area contributed by atoms with Crippen LogP contribution in [0.2, 0.25) is 0 Å². The zero-order chi connectivity index (χ0) is 16.2. The van der Waals surface area contributed by atoms with Crippen molar-refractivity contribution in [2.45, 2.75) is 6.54 Å². The highest BCUT2D eigenvalue weighted by Crippen LogP contribution is 2.24. The predicted octanol–water partition coefficient (Wildman–Crippen LogP) is 3.09. The zero-order valence-corrected chi connectivity index (χ0v) is 13.8. The van der Waals surface area contributed by atoms with E-state index in [1.54, 1.807) is 30.6 Å². The van der Waals surface area contributed by atoms with Crippen LogP contribution in [-0.2, 0) is 13.6 Å². The Morgan fingerprint density at radius 1 is 1.30 bits per heavy atom. The van der Waals surface area contributed by atoms with Crippen molar-refractivity contribution in [1.29, 1.82) is 0 Å². The molecule has 3 aromatic rings. The number of benzene rings is 1. The van der Waals surface area contributed by atoms with Crippen LogP contribution in [-0.4, -0.2) is 22.8 Å². The van der Waals surface area contributed by atoms with Gasteiger partial charge in [0.25, 0.3) is 5.91 Å². The highest BCUT2D eigenvalue weighted by Gasteiger charge is 2.13. The second-order valence-corrected chi connectivity index (χ2v) is 5.95. The Morgan fingerprint density at radius 3 is 2.87 bits per heavy atom. The Balaban J connectivity index is 1.71. The van der Waals surface area contributed by atoms with Crippen molar-refractivity contribution in [1.82, 2.24) is 15.1 Å². The fraction of sp³-hybridized carbons (Fsp3) is 0.176. The summed E-state index contributed by atoms with van der Waals surface area (Å²) in [5.74, 6) is 0.385. The number of aromatic nitrogens is 2. The van der Waals surface area contributed by atoms with Crippen molar-refractivity contribution in [3.8, 4) is 16.3 Å². The molecule has 118 valence electrons. The van der Waals surface area contributed by atoms with E-state index in [0.29, 0.717) is 17.9 Å². The average molecular weight is 327 g/mol. The molecule has 0 bridgehead atoms. The monoisotopic (exact) mass is 327 g/mol. The van der Waals surface area contributed by atoms with Crippen molar-refractivity contribution in [2.75, 3.05) is 7.11 Å². The van der Waals surface area contributed by atoms with E-state index in [2.05, 4.69) is 16.5 Å². The molecular formula is C17H17N3O2S. The second-order valence-electron chi connectivity index (χ2n) is 5.00. The Hall–Kier alpha value is -2.60. The first kappa shape index (κ1) is 15.3. The van der Waals surface area contributed by atoms with Gasteiger partial charge < -0.3 is 10.1 Å². The zero-order valence-electron chi connectivity index (χ0n) is 12.9. The SMILES string of the molecule is COc1ccccc1C(=O)NCc1cc(-c2cccs2)n(C)n1. The number of hydrogen-bond donors (Lipinski definition) is 1. The Bertz CT molecular complexity index is 809. The number of thiophene rings is 1. The third-order valence-corrected chi connectivity index (χ3v) is 4.38. The van der Waals surface area contributed by atoms with Gasteiger partial charge >= 0.3 is 0 Å². The molecule has 1 amide bonds. The van der Waals surface area contributed by atoms with E-state index >= 15 is 0 Å². The summed E-state index contributed by atoms with van der Waals surface area (Å²) in [5.41, 5.74) is 2.38. The highest BCUT2D eigenvalue weighted by atomic mass is 32.1. The van der Waals surface area contributed by atoms with Crippen LogP contribution < -0.4 is 10.1 Å². The number of nitrogens with zero attached hydrogens (tertiary/aromatic N) is 2. The summed E-state index contributed by atoms with van der Waals surface area (Å²) >= 11 is 1.67. The number of methoxy groups -OCH3 is 1. The quantitative estimate of drug-likeness (QED) is 0.783. The summed E-state index contributed by atoms with van der Waals surface area (Å²) in [6.45, 7) is 0.371. The molecule has 0 saturated heterocycles. The van der Waals surface area contributed by atoms with Crippen molar-refractivity contribution in [3.63, 3.8) is 0 Å². The van der Waals surface area contributed by atoms with Crippen molar-refractivity contribution in [2.24, 2.45) is 7.05 Å². The minimum atomic E-state index is -0.175. The third-order valence-electron chi connectivity index (χ3n) is 3.49. The largest absolute Gasteiger partial charge is 0.496 e. The molecule has 1 N–H and O–H groups in total. The van der Waals surface area contributed by atoms with Crippen LogP contribution in [0.5, 0.6) is 5.75 Å². The van der Waals surface area contributed by atoms with Gasteiger partial charge in [0.1, 0.15) is 5.75 Å². The van der Waals surface area contributed by atoms with Gasteiger partial charge in [-0.1, -0.05) is 18.2 Å². The normalized spacial score (nSPS) is 10.5. The molecular weight excluding hydrogens is 310 g/mol. The molecule has 3 rings (SSSR count). The minimum Gasteiger partial charge on any atom is -0.496 e. The van der Waals surface area contributed by atoms with E-state index < -0.39 is 0 Å². The first-order valence-corrected chi connectivity index (χ1v) is 8.05. The van der Waals surface area contributed by atoms with Crippen LogP contribution in [0.3, 0.4) is 0 Å². The van der Waals surface area contributed by atoms with E-state index in [0.717, 1.165) is 16.3 Å². The predicted molar refractivity (Wildman–Crippen MR) is 90.7 cm³/mol. The number of aryl methyl sites for hydroxylation is 1. The summed E-state index contributed by atoms with van der Waals surface area (Å²) in [6, 6.07) is 13.2. The number of carbonyl (C=O) groups excluding carboxylic acids is 1. The number of amides is 1. The fourth-order valence-electron chi connectivity index (χ4n) is 2.37. The Labute approximate surface area is 138 Å². The molecule has 2 heterocycles. The average Bonchev–Trinajstić information content (AvgIpc) is 3.21. The molecule has 5 nitrogen and oxygen atoms in total. The first-order chi connectivity index (χ1) is 11.2. The molecule has 0 aliphatic heterocycles. The molecule has 0 fully saturated rings. The molecule has 0 radical (unpaired) electrons. The number of carbonyl (C=O) groups is 1. The van der Waals surface area contributed by atoms with Gasteiger partial charge in [0, 0.05) is 7.05 Å². The number of para-hydroxylation sites is 1. The van der Waals surface area contributed by atoms with Crippen LogP contribution in [0.1, 0.15) is 16.1 Å². The molecule has 0 spiro atoms. The molecule has 1 aromatic carbocycles. The van der Waals surface area contributed by atoms with Crippen molar-refractivity contribution in [3.05, 3.63) is 59.1 Å². The fourth-order valence-corrected chi connectivity index (χ4v) is 3.14. The molecule has 0 saturated carbocycles. The third kappa shape index (κ3) is 3.27. The maximum Gasteiger partial charge on any atom is 0.255 e. The summed E-state index contributed by atoms with van der Waals surface area (Å²) in [4.78, 5) is 13.4. The first-order valence-electron chi connectivity index (χ1n) is 7.17. The van der Waals surface area contributed by atoms with Crippen molar-refractivity contribution >= 4 is 17.2 Å². The molecule has 0 aliphatic rings. The molecule has 0 unspecified atom stereocenters. The minimum absolute atomic E-state index is 0.175. The number of nitrogens with one attached hydrogen (secondary N) is 1. The van der Waals surface area contributed by atoms with E-state index in [4.69, 9.17) is 4.74 Å². The van der Waals surface area contributed by atoms with Gasteiger partial charge in [-0.2, -0.15) is 5.10 Å². The van der Waals surface area contributed by atoms with Crippen molar-refractivity contribution < 1.29 is 9.53 Å². The summed E-state index contributed by atoms with van der Waals surface area (Å²) in [7, 11) is 3.46. The lowest BCUT2D eigenvalue weighted by atomic mass is 10.2. The summed E-state index contributed by atoms with van der Waals surface area (Å²) in [6.07, 6.45) is 0. The smallest absolute Gasteiger partial charge is 0.255 e. The number of hydrogen-bond acceptors (Lipinski definition) is 4. The number of rotatable bonds is 5. The van der Waals surface area contributed by atoms with E-state index in [1.165, 1.54) is 0 Å². The van der Waals surface area contributed by atoms with Gasteiger partial charge in [0.05, 0.1) is 35.5 Å². The number of ether oxygens (including phenoxy) is 1. The summed E-state index contributed by atoms with van der Waals surface area (Å²) in [5, 5.41) is 9.37. The van der Waals surface area contributed by atoms with Gasteiger partial charge in [-0.3, -0.25) is 9.48 Å². The van der Waals surface area contributed by atoms with Gasteiger partial charge in [0.2, 0.25) is 0 Å². The van der Waals surface area contributed by atoms with E-state index in [9.17, 15) is 4.79 Å². The summed E-state index contributed by atoms with van der Waals surface area (Å²) < 4.78 is 7.04. The maximum absolute atomic E-state index is 12.3. The molecule has 6 heteroatoms. The van der Waals surface area contributed by atoms with Gasteiger partial charge in [-0.25, -0.2) is 0 Å². The van der Waals surface area contributed by atoms with Crippen LogP contribution in [0.4, 0.5) is 0 Å². The van der Waals surface area contributed by atoms with Gasteiger partial charge in [-0.15, -0.1) is 11.3 Å². The molecule has 0 aliphatic carbocycles. The Morgan fingerprint density at radius 2 is 2.13 bits per heavy atom. The van der Waals surface area contributed by atoms with Crippen LogP contribution in [0.25, 0.3) is 10.6 Å². The van der Waals surface area contributed by atoms with Crippen LogP contribution >= 0.6 is 11.3 Å². The van der Waals surface area contributed by atoms with Gasteiger partial charge in [-0.05, 0) is 29.6 Å². The molecule has 2 aromatic heterocycles. The molecule has 23 heavy (non-hydrogen) atoms. The lowest BCUT2D eigenvalue weighted by Crippen LogP contribution is -2.23.